The molecule has 100 valence electrons. The fourth-order valence-electron chi connectivity index (χ4n) is 1.74. The maximum atomic E-state index is 11.4. The predicted octanol–water partition coefficient (Wildman–Crippen LogP) is 2.68. The first-order valence-corrected chi connectivity index (χ1v) is 5.93. The minimum Gasteiger partial charge on any atom is -0.496 e. The summed E-state index contributed by atoms with van der Waals surface area (Å²) in [7, 11) is 2.70. The molecule has 5 heteroatoms. The van der Waals surface area contributed by atoms with Crippen LogP contribution < -0.4 is 4.74 Å². The number of aliphatic hydroxyl groups is 1. The highest BCUT2D eigenvalue weighted by atomic mass is 35.5. The molecule has 0 aliphatic rings. The smallest absolute Gasteiger partial charge is 0.339 e. The molecule has 0 aromatic heterocycles. The molecule has 1 rings (SSSR count). The van der Waals surface area contributed by atoms with Gasteiger partial charge in [-0.1, -0.05) is 25.4 Å². The van der Waals surface area contributed by atoms with E-state index in [1.807, 2.05) is 13.8 Å². The van der Waals surface area contributed by atoms with Crippen molar-refractivity contribution in [2.75, 3.05) is 14.2 Å². The molecule has 1 aromatic carbocycles. The number of hydrogen-bond acceptors (Lipinski definition) is 4. The average molecular weight is 273 g/mol. The monoisotopic (exact) mass is 272 g/mol. The van der Waals surface area contributed by atoms with E-state index in [0.717, 1.165) is 5.56 Å². The summed E-state index contributed by atoms with van der Waals surface area (Å²) >= 11 is 6.00. The van der Waals surface area contributed by atoms with Gasteiger partial charge in [-0.15, -0.1) is 0 Å². The van der Waals surface area contributed by atoms with Gasteiger partial charge in [0.25, 0.3) is 0 Å². The molecule has 4 nitrogen and oxygen atoms in total. The number of hydrogen-bond donors (Lipinski definition) is 1. The topological polar surface area (TPSA) is 55.8 Å². The molecule has 1 aromatic rings. The Morgan fingerprint density at radius 1 is 1.28 bits per heavy atom. The Morgan fingerprint density at radius 2 is 1.83 bits per heavy atom. The van der Waals surface area contributed by atoms with Crippen molar-refractivity contribution in [1.29, 1.82) is 0 Å². The van der Waals surface area contributed by atoms with Gasteiger partial charge in [-0.2, -0.15) is 0 Å². The number of esters is 1. The van der Waals surface area contributed by atoms with E-state index in [9.17, 15) is 9.90 Å². The standard InChI is InChI=1S/C13H17ClO4/c1-7(2)9-5-8(14)6-10(12(9)17-3)11(15)13(16)18-4/h5-7,11,15H,1-4H3. The van der Waals surface area contributed by atoms with Crippen LogP contribution in [0.25, 0.3) is 0 Å². The minimum atomic E-state index is -1.40. The molecule has 0 aliphatic carbocycles. The van der Waals surface area contributed by atoms with Crippen LogP contribution in [0, 0.1) is 0 Å². The molecule has 0 spiro atoms. The Hall–Kier alpha value is -1.26. The van der Waals surface area contributed by atoms with Crippen molar-refractivity contribution in [2.24, 2.45) is 0 Å². The molecule has 1 unspecified atom stereocenters. The van der Waals surface area contributed by atoms with Crippen LogP contribution in [-0.4, -0.2) is 25.3 Å². The number of ether oxygens (including phenoxy) is 2. The molecule has 0 fully saturated rings. The maximum Gasteiger partial charge on any atom is 0.339 e. The molecule has 18 heavy (non-hydrogen) atoms. The lowest BCUT2D eigenvalue weighted by Crippen LogP contribution is -2.15. The second kappa shape index (κ2) is 6.07. The first kappa shape index (κ1) is 14.8. The lowest BCUT2D eigenvalue weighted by atomic mass is 9.96. The Labute approximate surface area is 111 Å². The van der Waals surface area contributed by atoms with Crippen LogP contribution in [0.15, 0.2) is 12.1 Å². The number of carbonyl (C=O) groups excluding carboxylic acids is 1. The van der Waals surface area contributed by atoms with E-state index in [-0.39, 0.29) is 5.92 Å². The van der Waals surface area contributed by atoms with Crippen LogP contribution >= 0.6 is 11.6 Å². The predicted molar refractivity (Wildman–Crippen MR) is 69.1 cm³/mol. The molecule has 0 radical (unpaired) electrons. The normalized spacial score (nSPS) is 12.4. The van der Waals surface area contributed by atoms with Gasteiger partial charge in [0.1, 0.15) is 5.75 Å². The molecule has 0 saturated heterocycles. The first-order valence-electron chi connectivity index (χ1n) is 5.55. The highest BCUT2D eigenvalue weighted by Crippen LogP contribution is 2.36. The molecule has 0 bridgehead atoms. The van der Waals surface area contributed by atoms with E-state index in [2.05, 4.69) is 4.74 Å². The summed E-state index contributed by atoms with van der Waals surface area (Å²) in [4.78, 5) is 11.4. The van der Waals surface area contributed by atoms with E-state index in [1.54, 1.807) is 6.07 Å². The molecular weight excluding hydrogens is 256 g/mol. The van der Waals surface area contributed by atoms with Gasteiger partial charge in [0.15, 0.2) is 6.10 Å². The Balaban J connectivity index is 3.38. The van der Waals surface area contributed by atoms with Crippen LogP contribution in [0.3, 0.4) is 0 Å². The molecule has 0 saturated carbocycles. The van der Waals surface area contributed by atoms with Gasteiger partial charge in [0.05, 0.1) is 14.2 Å². The minimum absolute atomic E-state index is 0.155. The van der Waals surface area contributed by atoms with Gasteiger partial charge in [0, 0.05) is 10.6 Å². The van der Waals surface area contributed by atoms with E-state index < -0.39 is 12.1 Å². The SMILES string of the molecule is COC(=O)C(O)c1cc(Cl)cc(C(C)C)c1OC. The van der Waals surface area contributed by atoms with Crippen molar-refractivity contribution in [3.8, 4) is 5.75 Å². The van der Waals surface area contributed by atoms with Crippen molar-refractivity contribution in [3.05, 3.63) is 28.3 Å². The molecule has 0 amide bonds. The summed E-state index contributed by atoms with van der Waals surface area (Å²) in [6.07, 6.45) is -1.40. The first-order chi connectivity index (χ1) is 8.42. The quantitative estimate of drug-likeness (QED) is 0.856. The number of benzene rings is 1. The summed E-state index contributed by atoms with van der Waals surface area (Å²) < 4.78 is 9.80. The highest BCUT2D eigenvalue weighted by Gasteiger charge is 2.25. The van der Waals surface area contributed by atoms with Crippen LogP contribution in [-0.2, 0) is 9.53 Å². The highest BCUT2D eigenvalue weighted by molar-refractivity contribution is 6.30. The third kappa shape index (κ3) is 2.94. The van der Waals surface area contributed by atoms with Crippen LogP contribution in [0.4, 0.5) is 0 Å². The summed E-state index contributed by atoms with van der Waals surface area (Å²) in [5.74, 6) is -0.125. The van der Waals surface area contributed by atoms with Gasteiger partial charge < -0.3 is 14.6 Å². The summed E-state index contributed by atoms with van der Waals surface area (Å²) in [6, 6.07) is 3.27. The lowest BCUT2D eigenvalue weighted by molar-refractivity contribution is -0.150. The number of halogens is 1. The fraction of sp³-hybridized carbons (Fsp3) is 0.462. The number of aliphatic hydroxyl groups excluding tert-OH is 1. The van der Waals surface area contributed by atoms with E-state index in [0.29, 0.717) is 16.3 Å². The van der Waals surface area contributed by atoms with Gasteiger partial charge in [-0.3, -0.25) is 0 Å². The van der Waals surface area contributed by atoms with Crippen molar-refractivity contribution in [1.82, 2.24) is 0 Å². The zero-order valence-electron chi connectivity index (χ0n) is 10.9. The van der Waals surface area contributed by atoms with E-state index in [4.69, 9.17) is 16.3 Å². The van der Waals surface area contributed by atoms with Crippen LogP contribution in [0.5, 0.6) is 5.75 Å². The second-order valence-corrected chi connectivity index (χ2v) is 4.63. The second-order valence-electron chi connectivity index (χ2n) is 4.20. The number of carbonyl (C=O) groups is 1. The number of rotatable bonds is 4. The summed E-state index contributed by atoms with van der Waals surface area (Å²) in [5, 5.41) is 10.4. The van der Waals surface area contributed by atoms with Crippen LogP contribution in [0.2, 0.25) is 5.02 Å². The third-order valence-corrected chi connectivity index (χ3v) is 2.87. The molecule has 1 N–H and O–H groups in total. The third-order valence-electron chi connectivity index (χ3n) is 2.66. The Kier molecular flexibility index (Phi) is 4.99. The van der Waals surface area contributed by atoms with Crippen molar-refractivity contribution < 1.29 is 19.4 Å². The van der Waals surface area contributed by atoms with Gasteiger partial charge >= 0.3 is 5.97 Å². The van der Waals surface area contributed by atoms with E-state index >= 15 is 0 Å². The lowest BCUT2D eigenvalue weighted by Gasteiger charge is -2.19. The van der Waals surface area contributed by atoms with Gasteiger partial charge in [0.2, 0.25) is 0 Å². The van der Waals surface area contributed by atoms with Crippen LogP contribution in [0.1, 0.15) is 37.0 Å². The summed E-state index contributed by atoms with van der Waals surface area (Å²) in [5.41, 5.74) is 1.16. The molecular formula is C13H17ClO4. The van der Waals surface area contributed by atoms with E-state index in [1.165, 1.54) is 20.3 Å². The average Bonchev–Trinajstić information content (AvgIpc) is 2.35. The summed E-state index contributed by atoms with van der Waals surface area (Å²) in [6.45, 7) is 3.95. The van der Waals surface area contributed by atoms with Crippen molar-refractivity contribution in [3.63, 3.8) is 0 Å². The fourth-order valence-corrected chi connectivity index (χ4v) is 1.98. The van der Waals surface area contributed by atoms with Crippen molar-refractivity contribution >= 4 is 17.6 Å². The Morgan fingerprint density at radius 3 is 2.28 bits per heavy atom. The largest absolute Gasteiger partial charge is 0.496 e. The van der Waals surface area contributed by atoms with Crippen molar-refractivity contribution in [2.45, 2.75) is 25.9 Å². The number of methoxy groups -OCH3 is 2. The van der Waals surface area contributed by atoms with Gasteiger partial charge in [-0.05, 0) is 23.6 Å². The Bertz CT molecular complexity index is 443. The molecule has 0 aliphatic heterocycles. The molecule has 1 atom stereocenters. The zero-order chi connectivity index (χ0) is 13.9. The maximum absolute atomic E-state index is 11.4. The zero-order valence-corrected chi connectivity index (χ0v) is 11.6. The molecule has 0 heterocycles. The van der Waals surface area contributed by atoms with Gasteiger partial charge in [-0.25, -0.2) is 4.79 Å².